The Morgan fingerprint density at radius 2 is 2.22 bits per heavy atom. The Bertz CT molecular complexity index is 483. The third-order valence-electron chi connectivity index (χ3n) is 2.28. The summed E-state index contributed by atoms with van der Waals surface area (Å²) in [5, 5.41) is 28.2. The molecule has 1 aromatic carbocycles. The minimum atomic E-state index is -1.71. The van der Waals surface area contributed by atoms with Crippen LogP contribution in [0.3, 0.4) is 0 Å². The highest BCUT2D eigenvalue weighted by Gasteiger charge is 2.28. The zero-order valence-electron chi connectivity index (χ0n) is 9.63. The van der Waals surface area contributed by atoms with Gasteiger partial charge in [-0.1, -0.05) is 17.7 Å². The van der Waals surface area contributed by atoms with Crippen LogP contribution < -0.4 is 0 Å². The van der Waals surface area contributed by atoms with E-state index in [0.717, 1.165) is 0 Å². The van der Waals surface area contributed by atoms with Crippen LogP contribution in [0.4, 0.5) is 0 Å². The van der Waals surface area contributed by atoms with Crippen LogP contribution >= 0.6 is 11.6 Å². The molecule has 2 unspecified atom stereocenters. The van der Waals surface area contributed by atoms with E-state index in [-0.39, 0.29) is 17.2 Å². The maximum absolute atomic E-state index is 11.3. The second-order valence-corrected chi connectivity index (χ2v) is 3.90. The fourth-order valence-corrected chi connectivity index (χ4v) is 1.66. The summed E-state index contributed by atoms with van der Waals surface area (Å²) in [4.78, 5) is 11.3. The van der Waals surface area contributed by atoms with Gasteiger partial charge in [-0.3, -0.25) is 0 Å². The van der Waals surface area contributed by atoms with Gasteiger partial charge in [0.2, 0.25) is 0 Å². The average Bonchev–Trinajstić information content (AvgIpc) is 2.37. The fraction of sp³-hybridized carbons (Fsp3) is 0.333. The zero-order valence-corrected chi connectivity index (χ0v) is 10.4. The summed E-state index contributed by atoms with van der Waals surface area (Å²) in [6.07, 6.45) is -3.21. The highest BCUT2D eigenvalue weighted by molar-refractivity contribution is 6.31. The van der Waals surface area contributed by atoms with Crippen LogP contribution in [-0.4, -0.2) is 28.9 Å². The molecular weight excluding hydrogens is 258 g/mol. The number of rotatable bonds is 4. The maximum atomic E-state index is 11.3. The van der Waals surface area contributed by atoms with Crippen LogP contribution in [0.5, 0.6) is 0 Å². The summed E-state index contributed by atoms with van der Waals surface area (Å²) in [6.45, 7) is 1.69. The standard InChI is InChI=1S/C12H12ClNO4/c1-2-18-12(17)11(16)10(15)8-4-3-7(6-14)5-9(8)13/h3-5,10-11,15-16H,2H2,1H3. The van der Waals surface area contributed by atoms with Crippen molar-refractivity contribution in [2.24, 2.45) is 0 Å². The predicted molar refractivity (Wildman–Crippen MR) is 63.8 cm³/mol. The largest absolute Gasteiger partial charge is 0.464 e. The molecular formula is C12H12ClNO4. The van der Waals surface area contributed by atoms with Crippen molar-refractivity contribution < 1.29 is 19.7 Å². The van der Waals surface area contributed by atoms with Gasteiger partial charge in [0.15, 0.2) is 6.10 Å². The molecule has 6 heteroatoms. The number of nitriles is 1. The Hall–Kier alpha value is -1.61. The van der Waals surface area contributed by atoms with Crippen LogP contribution in [0, 0.1) is 11.3 Å². The van der Waals surface area contributed by atoms with Gasteiger partial charge in [-0.2, -0.15) is 5.26 Å². The summed E-state index contributed by atoms with van der Waals surface area (Å²) in [5.41, 5.74) is 0.484. The first-order valence-corrected chi connectivity index (χ1v) is 5.61. The molecule has 0 aliphatic rings. The topological polar surface area (TPSA) is 90.6 Å². The van der Waals surface area contributed by atoms with Gasteiger partial charge in [-0.25, -0.2) is 4.79 Å². The molecule has 0 fully saturated rings. The Balaban J connectivity index is 2.94. The van der Waals surface area contributed by atoms with Crippen molar-refractivity contribution in [1.82, 2.24) is 0 Å². The first kappa shape index (κ1) is 14.5. The molecule has 0 aliphatic carbocycles. The molecule has 5 nitrogen and oxygen atoms in total. The molecule has 0 spiro atoms. The quantitative estimate of drug-likeness (QED) is 0.801. The highest BCUT2D eigenvalue weighted by atomic mass is 35.5. The SMILES string of the molecule is CCOC(=O)C(O)C(O)c1ccc(C#N)cc1Cl. The minimum absolute atomic E-state index is 0.101. The van der Waals surface area contributed by atoms with Gasteiger partial charge in [0.1, 0.15) is 6.10 Å². The Kier molecular flexibility index (Phi) is 5.10. The Morgan fingerprint density at radius 3 is 2.72 bits per heavy atom. The number of carbonyl (C=O) groups is 1. The number of ether oxygens (including phenoxy) is 1. The van der Waals surface area contributed by atoms with Gasteiger partial charge < -0.3 is 14.9 Å². The summed E-state index contributed by atoms with van der Waals surface area (Å²) in [5.74, 6) is -0.926. The van der Waals surface area contributed by atoms with E-state index >= 15 is 0 Å². The lowest BCUT2D eigenvalue weighted by molar-refractivity contribution is -0.159. The lowest BCUT2D eigenvalue weighted by Crippen LogP contribution is -2.30. The number of benzene rings is 1. The lowest BCUT2D eigenvalue weighted by atomic mass is 10.0. The minimum Gasteiger partial charge on any atom is -0.464 e. The van der Waals surface area contributed by atoms with E-state index in [4.69, 9.17) is 16.9 Å². The second-order valence-electron chi connectivity index (χ2n) is 3.49. The maximum Gasteiger partial charge on any atom is 0.338 e. The van der Waals surface area contributed by atoms with Gasteiger partial charge in [-0.15, -0.1) is 0 Å². The molecule has 0 aliphatic heterocycles. The zero-order chi connectivity index (χ0) is 13.7. The molecule has 0 heterocycles. The highest BCUT2D eigenvalue weighted by Crippen LogP contribution is 2.26. The average molecular weight is 270 g/mol. The predicted octanol–water partition coefficient (Wildman–Crippen LogP) is 1.17. The van der Waals surface area contributed by atoms with E-state index in [2.05, 4.69) is 4.74 Å². The second kappa shape index (κ2) is 6.36. The van der Waals surface area contributed by atoms with Crippen molar-refractivity contribution in [3.63, 3.8) is 0 Å². The van der Waals surface area contributed by atoms with Crippen molar-refractivity contribution in [1.29, 1.82) is 5.26 Å². The van der Waals surface area contributed by atoms with Crippen LogP contribution in [0.25, 0.3) is 0 Å². The van der Waals surface area contributed by atoms with Gasteiger partial charge in [0, 0.05) is 10.6 Å². The molecule has 0 radical (unpaired) electrons. The van der Waals surface area contributed by atoms with Crippen molar-refractivity contribution in [2.75, 3.05) is 6.61 Å². The molecule has 18 heavy (non-hydrogen) atoms. The van der Waals surface area contributed by atoms with Gasteiger partial charge >= 0.3 is 5.97 Å². The number of carbonyl (C=O) groups excluding carboxylic acids is 1. The van der Waals surface area contributed by atoms with Crippen molar-refractivity contribution in [3.05, 3.63) is 34.3 Å². The number of halogens is 1. The number of esters is 1. The van der Waals surface area contributed by atoms with Crippen LogP contribution in [0.1, 0.15) is 24.2 Å². The number of hydrogen-bond donors (Lipinski definition) is 2. The van der Waals surface area contributed by atoms with Crippen molar-refractivity contribution in [3.8, 4) is 6.07 Å². The van der Waals surface area contributed by atoms with E-state index in [0.29, 0.717) is 5.56 Å². The van der Waals surface area contributed by atoms with E-state index in [1.165, 1.54) is 18.2 Å². The third-order valence-corrected chi connectivity index (χ3v) is 2.60. The number of aliphatic hydroxyl groups is 2. The van der Waals surface area contributed by atoms with Crippen LogP contribution in [0.15, 0.2) is 18.2 Å². The number of hydrogen-bond acceptors (Lipinski definition) is 5. The van der Waals surface area contributed by atoms with Crippen molar-refractivity contribution in [2.45, 2.75) is 19.1 Å². The van der Waals surface area contributed by atoms with E-state index < -0.39 is 18.2 Å². The van der Waals surface area contributed by atoms with Crippen molar-refractivity contribution >= 4 is 17.6 Å². The van der Waals surface area contributed by atoms with Crippen LogP contribution in [-0.2, 0) is 9.53 Å². The normalized spacial score (nSPS) is 13.5. The summed E-state index contributed by atoms with van der Waals surface area (Å²) in [7, 11) is 0. The van der Waals surface area contributed by atoms with E-state index in [1.54, 1.807) is 6.92 Å². The van der Waals surface area contributed by atoms with Gasteiger partial charge in [-0.05, 0) is 19.1 Å². The van der Waals surface area contributed by atoms with Crippen LogP contribution in [0.2, 0.25) is 5.02 Å². The van der Waals surface area contributed by atoms with E-state index in [9.17, 15) is 15.0 Å². The van der Waals surface area contributed by atoms with Gasteiger partial charge in [0.05, 0.1) is 18.2 Å². The summed E-state index contributed by atoms with van der Waals surface area (Å²) >= 11 is 5.85. The lowest BCUT2D eigenvalue weighted by Gasteiger charge is -2.17. The Morgan fingerprint density at radius 1 is 1.56 bits per heavy atom. The monoisotopic (exact) mass is 269 g/mol. The summed E-state index contributed by atoms with van der Waals surface area (Å²) in [6, 6.07) is 6.05. The molecule has 0 aromatic heterocycles. The first-order valence-electron chi connectivity index (χ1n) is 5.23. The molecule has 0 saturated heterocycles. The smallest absolute Gasteiger partial charge is 0.338 e. The Labute approximate surface area is 109 Å². The van der Waals surface area contributed by atoms with Gasteiger partial charge in [0.25, 0.3) is 0 Å². The summed E-state index contributed by atoms with van der Waals surface area (Å²) < 4.78 is 4.59. The molecule has 2 N–H and O–H groups in total. The molecule has 0 saturated carbocycles. The van der Waals surface area contributed by atoms with E-state index in [1.807, 2.05) is 6.07 Å². The number of aliphatic hydroxyl groups excluding tert-OH is 2. The molecule has 2 atom stereocenters. The number of nitrogens with zero attached hydrogens (tertiary/aromatic N) is 1. The third kappa shape index (κ3) is 3.20. The molecule has 0 amide bonds. The molecule has 1 aromatic rings. The fourth-order valence-electron chi connectivity index (χ4n) is 1.36. The molecule has 96 valence electrons. The molecule has 0 bridgehead atoms. The first-order chi connectivity index (χ1) is 8.51. The molecule has 1 rings (SSSR count).